The molecule has 2 rings (SSSR count). The van der Waals surface area contributed by atoms with Gasteiger partial charge in [0, 0.05) is 5.56 Å². The standard InChI is InChI=1S/C12H12ClFN2O/c1-3-10(13)11-15-12(17-16-11)9-5-4-8(14)6-7(9)2/h4-6,10H,3H2,1-2H3. The van der Waals surface area contributed by atoms with Crippen LogP contribution in [0.5, 0.6) is 0 Å². The molecule has 3 nitrogen and oxygen atoms in total. The van der Waals surface area contributed by atoms with E-state index in [0.717, 1.165) is 17.5 Å². The Morgan fingerprint density at radius 2 is 2.24 bits per heavy atom. The van der Waals surface area contributed by atoms with Crippen LogP contribution in [0.1, 0.15) is 30.1 Å². The number of halogens is 2. The summed E-state index contributed by atoms with van der Waals surface area (Å²) < 4.78 is 18.1. The predicted octanol–water partition coefficient (Wildman–Crippen LogP) is 3.87. The fourth-order valence-electron chi connectivity index (χ4n) is 1.52. The van der Waals surface area contributed by atoms with E-state index in [9.17, 15) is 4.39 Å². The summed E-state index contributed by atoms with van der Waals surface area (Å²) in [6, 6.07) is 4.42. The number of rotatable bonds is 3. The molecule has 1 aromatic heterocycles. The summed E-state index contributed by atoms with van der Waals surface area (Å²) >= 11 is 6.01. The molecule has 2 aromatic rings. The molecule has 90 valence electrons. The van der Waals surface area contributed by atoms with Crippen molar-refractivity contribution in [1.82, 2.24) is 10.1 Å². The van der Waals surface area contributed by atoms with Gasteiger partial charge in [-0.15, -0.1) is 11.6 Å². The van der Waals surface area contributed by atoms with Gasteiger partial charge in [0.25, 0.3) is 5.89 Å². The first kappa shape index (κ1) is 12.0. The maximum atomic E-state index is 13.0. The Labute approximate surface area is 104 Å². The van der Waals surface area contributed by atoms with Crippen molar-refractivity contribution >= 4 is 11.6 Å². The van der Waals surface area contributed by atoms with E-state index in [1.54, 1.807) is 13.0 Å². The van der Waals surface area contributed by atoms with Gasteiger partial charge in [-0.3, -0.25) is 0 Å². The third-order valence-corrected chi connectivity index (χ3v) is 3.00. The molecular formula is C12H12ClFN2O. The number of benzene rings is 1. The molecule has 0 aliphatic carbocycles. The number of hydrogen-bond donors (Lipinski definition) is 0. The molecule has 0 saturated heterocycles. The SMILES string of the molecule is CCC(Cl)c1noc(-c2ccc(F)cc2C)n1. The Kier molecular flexibility index (Phi) is 3.43. The first-order valence-corrected chi connectivity index (χ1v) is 5.79. The molecule has 5 heteroatoms. The Bertz CT molecular complexity index is 527. The van der Waals surface area contributed by atoms with Crippen LogP contribution in [-0.2, 0) is 0 Å². The van der Waals surface area contributed by atoms with Crippen LogP contribution in [0.2, 0.25) is 0 Å². The smallest absolute Gasteiger partial charge is 0.258 e. The fraction of sp³-hybridized carbons (Fsp3) is 0.333. The fourth-order valence-corrected chi connectivity index (χ4v) is 1.61. The van der Waals surface area contributed by atoms with Gasteiger partial charge in [-0.05, 0) is 37.1 Å². The zero-order valence-electron chi connectivity index (χ0n) is 9.58. The van der Waals surface area contributed by atoms with Crippen molar-refractivity contribution in [3.05, 3.63) is 35.4 Å². The summed E-state index contributed by atoms with van der Waals surface area (Å²) in [5, 5.41) is 3.56. The lowest BCUT2D eigenvalue weighted by Crippen LogP contribution is -1.91. The van der Waals surface area contributed by atoms with E-state index in [-0.39, 0.29) is 11.2 Å². The first-order chi connectivity index (χ1) is 8.11. The van der Waals surface area contributed by atoms with Gasteiger partial charge >= 0.3 is 0 Å². The number of aryl methyl sites for hydroxylation is 1. The van der Waals surface area contributed by atoms with E-state index in [1.165, 1.54) is 12.1 Å². The van der Waals surface area contributed by atoms with E-state index >= 15 is 0 Å². The first-order valence-electron chi connectivity index (χ1n) is 5.36. The van der Waals surface area contributed by atoms with E-state index < -0.39 is 0 Å². The topological polar surface area (TPSA) is 38.9 Å². The van der Waals surface area contributed by atoms with Gasteiger partial charge in [-0.1, -0.05) is 12.1 Å². The van der Waals surface area contributed by atoms with E-state index in [1.807, 2.05) is 6.92 Å². The highest BCUT2D eigenvalue weighted by atomic mass is 35.5. The van der Waals surface area contributed by atoms with Crippen molar-refractivity contribution in [2.24, 2.45) is 0 Å². The summed E-state index contributed by atoms with van der Waals surface area (Å²) in [5.41, 5.74) is 1.48. The summed E-state index contributed by atoms with van der Waals surface area (Å²) in [6.45, 7) is 3.73. The molecule has 1 aromatic carbocycles. The Balaban J connectivity index is 2.37. The Hall–Kier alpha value is -1.42. The van der Waals surface area contributed by atoms with Crippen LogP contribution in [0.4, 0.5) is 4.39 Å². The van der Waals surface area contributed by atoms with Gasteiger partial charge in [0.1, 0.15) is 5.82 Å². The molecule has 1 heterocycles. The van der Waals surface area contributed by atoms with Gasteiger partial charge in [-0.2, -0.15) is 4.98 Å². The van der Waals surface area contributed by atoms with Crippen LogP contribution in [0.3, 0.4) is 0 Å². The van der Waals surface area contributed by atoms with Crippen LogP contribution < -0.4 is 0 Å². The molecule has 0 amide bonds. The van der Waals surface area contributed by atoms with E-state index in [4.69, 9.17) is 16.1 Å². The molecule has 0 radical (unpaired) electrons. The van der Waals surface area contributed by atoms with Crippen molar-refractivity contribution in [2.75, 3.05) is 0 Å². The van der Waals surface area contributed by atoms with Gasteiger partial charge < -0.3 is 4.52 Å². The summed E-state index contributed by atoms with van der Waals surface area (Å²) in [4.78, 5) is 4.21. The molecule has 0 fully saturated rings. The molecule has 0 bridgehead atoms. The maximum Gasteiger partial charge on any atom is 0.258 e. The Morgan fingerprint density at radius 1 is 1.47 bits per heavy atom. The van der Waals surface area contributed by atoms with Gasteiger partial charge in [-0.25, -0.2) is 4.39 Å². The summed E-state index contributed by atoms with van der Waals surface area (Å²) in [5.74, 6) is 0.555. The lowest BCUT2D eigenvalue weighted by atomic mass is 10.1. The lowest BCUT2D eigenvalue weighted by Gasteiger charge is -2.00. The number of hydrogen-bond acceptors (Lipinski definition) is 3. The van der Waals surface area contributed by atoms with Crippen molar-refractivity contribution in [3.63, 3.8) is 0 Å². The Morgan fingerprint density at radius 3 is 2.88 bits per heavy atom. The van der Waals surface area contributed by atoms with Crippen LogP contribution in [0.15, 0.2) is 22.7 Å². The molecule has 0 N–H and O–H groups in total. The van der Waals surface area contributed by atoms with Crippen molar-refractivity contribution in [3.8, 4) is 11.5 Å². The molecule has 0 aliphatic rings. The summed E-state index contributed by atoms with van der Waals surface area (Å²) in [7, 11) is 0. The number of nitrogens with zero attached hydrogens (tertiary/aromatic N) is 2. The number of alkyl halides is 1. The zero-order valence-corrected chi connectivity index (χ0v) is 10.3. The van der Waals surface area contributed by atoms with Gasteiger partial charge in [0.2, 0.25) is 0 Å². The van der Waals surface area contributed by atoms with Gasteiger partial charge in [0.05, 0.1) is 5.38 Å². The molecule has 1 unspecified atom stereocenters. The van der Waals surface area contributed by atoms with Crippen molar-refractivity contribution in [2.45, 2.75) is 25.6 Å². The predicted molar refractivity (Wildman–Crippen MR) is 63.3 cm³/mol. The highest BCUT2D eigenvalue weighted by Gasteiger charge is 2.16. The van der Waals surface area contributed by atoms with Crippen LogP contribution in [0, 0.1) is 12.7 Å². The molecule has 0 spiro atoms. The van der Waals surface area contributed by atoms with Crippen molar-refractivity contribution < 1.29 is 8.91 Å². The third-order valence-electron chi connectivity index (χ3n) is 2.50. The quantitative estimate of drug-likeness (QED) is 0.781. The van der Waals surface area contributed by atoms with Crippen molar-refractivity contribution in [1.29, 1.82) is 0 Å². The van der Waals surface area contributed by atoms with Crippen LogP contribution in [0.25, 0.3) is 11.5 Å². The average molecular weight is 255 g/mol. The minimum Gasteiger partial charge on any atom is -0.334 e. The zero-order chi connectivity index (χ0) is 12.4. The maximum absolute atomic E-state index is 13.0. The monoisotopic (exact) mass is 254 g/mol. The lowest BCUT2D eigenvalue weighted by molar-refractivity contribution is 0.421. The van der Waals surface area contributed by atoms with Crippen LogP contribution >= 0.6 is 11.6 Å². The molecule has 17 heavy (non-hydrogen) atoms. The highest BCUT2D eigenvalue weighted by molar-refractivity contribution is 6.20. The number of aromatic nitrogens is 2. The molecule has 1 atom stereocenters. The molecular weight excluding hydrogens is 243 g/mol. The van der Waals surface area contributed by atoms with Gasteiger partial charge in [0.15, 0.2) is 5.82 Å². The summed E-state index contributed by atoms with van der Waals surface area (Å²) in [6.07, 6.45) is 0.725. The second-order valence-corrected chi connectivity index (χ2v) is 4.32. The molecule has 0 aliphatic heterocycles. The minimum atomic E-state index is -0.283. The highest BCUT2D eigenvalue weighted by Crippen LogP contribution is 2.26. The van der Waals surface area contributed by atoms with E-state index in [2.05, 4.69) is 10.1 Å². The van der Waals surface area contributed by atoms with E-state index in [0.29, 0.717) is 11.7 Å². The minimum absolute atomic E-state index is 0.256. The third kappa shape index (κ3) is 2.47. The van der Waals surface area contributed by atoms with Crippen LogP contribution in [-0.4, -0.2) is 10.1 Å². The second-order valence-electron chi connectivity index (χ2n) is 3.79. The molecule has 0 saturated carbocycles. The normalized spacial score (nSPS) is 12.7. The second kappa shape index (κ2) is 4.84. The largest absolute Gasteiger partial charge is 0.334 e. The average Bonchev–Trinajstić information content (AvgIpc) is 2.77.